The monoisotopic (exact) mass is 519 g/mol. The van der Waals surface area contributed by atoms with Crippen molar-refractivity contribution in [3.05, 3.63) is 107 Å². The smallest absolute Gasteiger partial charge is 0.255 e. The summed E-state index contributed by atoms with van der Waals surface area (Å²) in [5.74, 6) is 0.564. The van der Waals surface area contributed by atoms with Crippen LogP contribution in [0.2, 0.25) is 0 Å². The van der Waals surface area contributed by atoms with Crippen LogP contribution in [0, 0.1) is 25.2 Å². The third-order valence-corrected chi connectivity index (χ3v) is 6.49. The predicted molar refractivity (Wildman–Crippen MR) is 149 cm³/mol. The van der Waals surface area contributed by atoms with E-state index in [0.29, 0.717) is 47.8 Å². The maximum atomic E-state index is 13.0. The van der Waals surface area contributed by atoms with E-state index in [1.807, 2.05) is 73.1 Å². The number of fused-ring (bicyclic) bond motifs is 1. The van der Waals surface area contributed by atoms with Gasteiger partial charge in [0.15, 0.2) is 0 Å². The molecule has 9 nitrogen and oxygen atoms in total. The number of aryl methyl sites for hydroxylation is 3. The Balaban J connectivity index is 1.20. The van der Waals surface area contributed by atoms with Gasteiger partial charge in [0.05, 0.1) is 22.6 Å². The van der Waals surface area contributed by atoms with Crippen LogP contribution < -0.4 is 15.8 Å². The molecule has 39 heavy (non-hydrogen) atoms. The first-order chi connectivity index (χ1) is 18.9. The summed E-state index contributed by atoms with van der Waals surface area (Å²) in [5.41, 5.74) is 12.3. The third-order valence-electron chi connectivity index (χ3n) is 6.49. The van der Waals surface area contributed by atoms with Crippen LogP contribution in [0.3, 0.4) is 0 Å². The highest BCUT2D eigenvalue weighted by Crippen LogP contribution is 2.23. The Labute approximate surface area is 226 Å². The summed E-state index contributed by atoms with van der Waals surface area (Å²) < 4.78 is 9.53. The molecule has 1 amide bonds. The molecule has 2 aromatic carbocycles. The minimum absolute atomic E-state index is 0.235. The quantitative estimate of drug-likeness (QED) is 0.276. The van der Waals surface area contributed by atoms with Gasteiger partial charge < -0.3 is 20.2 Å². The molecule has 196 valence electrons. The molecule has 0 bridgehead atoms. The largest absolute Gasteiger partial charge is 0.486 e. The van der Waals surface area contributed by atoms with E-state index in [2.05, 4.69) is 21.5 Å². The summed E-state index contributed by atoms with van der Waals surface area (Å²) in [7, 11) is 0. The van der Waals surface area contributed by atoms with E-state index in [0.717, 1.165) is 28.2 Å². The fourth-order valence-electron chi connectivity index (χ4n) is 4.42. The number of benzene rings is 2. The lowest BCUT2D eigenvalue weighted by Crippen LogP contribution is -2.25. The number of hydrogen-bond donors (Lipinski definition) is 2. The second kappa shape index (κ2) is 11.1. The molecule has 0 saturated heterocycles. The minimum atomic E-state index is -0.235. The lowest BCUT2D eigenvalue weighted by atomic mass is 10.1. The summed E-state index contributed by atoms with van der Waals surface area (Å²) >= 11 is 0. The van der Waals surface area contributed by atoms with Crippen LogP contribution in [0.1, 0.15) is 44.9 Å². The van der Waals surface area contributed by atoms with E-state index in [-0.39, 0.29) is 12.5 Å². The van der Waals surface area contributed by atoms with E-state index in [4.69, 9.17) is 10.5 Å². The number of nitrogens with two attached hydrogens (primary N) is 1. The molecule has 0 spiro atoms. The highest BCUT2D eigenvalue weighted by Gasteiger charge is 2.17. The summed E-state index contributed by atoms with van der Waals surface area (Å²) in [6.07, 6.45) is 4.96. The number of aromatic nitrogens is 4. The van der Waals surface area contributed by atoms with E-state index in [1.165, 1.54) is 0 Å². The molecule has 9 heteroatoms. The van der Waals surface area contributed by atoms with Gasteiger partial charge in [-0.2, -0.15) is 10.4 Å². The molecule has 0 aliphatic rings. The van der Waals surface area contributed by atoms with Crippen molar-refractivity contribution in [3.63, 3.8) is 0 Å². The number of nitrogen functional groups attached to an aromatic ring is 1. The molecule has 3 aromatic heterocycles. The first-order valence-corrected chi connectivity index (χ1v) is 12.7. The van der Waals surface area contributed by atoms with Crippen molar-refractivity contribution < 1.29 is 9.53 Å². The van der Waals surface area contributed by atoms with Gasteiger partial charge in [0, 0.05) is 18.9 Å². The maximum absolute atomic E-state index is 13.0. The van der Waals surface area contributed by atoms with Gasteiger partial charge >= 0.3 is 0 Å². The number of carbonyl (C=O) groups excluding carboxylic acids is 1. The molecule has 0 atom stereocenters. The van der Waals surface area contributed by atoms with Crippen molar-refractivity contribution in [1.82, 2.24) is 24.5 Å². The summed E-state index contributed by atoms with van der Waals surface area (Å²) in [6, 6.07) is 21.1. The van der Waals surface area contributed by atoms with Crippen LogP contribution in [0.15, 0.2) is 73.1 Å². The first kappa shape index (κ1) is 25.5. The first-order valence-electron chi connectivity index (χ1n) is 12.7. The Bertz CT molecular complexity index is 1680. The Hall–Kier alpha value is -5.10. The van der Waals surface area contributed by atoms with Crippen molar-refractivity contribution >= 4 is 17.4 Å². The molecule has 0 aliphatic carbocycles. The van der Waals surface area contributed by atoms with E-state index in [9.17, 15) is 10.1 Å². The molecule has 3 heterocycles. The number of amides is 1. The molecule has 3 N–H and O–H groups in total. The highest BCUT2D eigenvalue weighted by atomic mass is 16.5. The van der Waals surface area contributed by atoms with Gasteiger partial charge in [-0.15, -0.1) is 0 Å². The molecule has 0 radical (unpaired) electrons. The van der Waals surface area contributed by atoms with Gasteiger partial charge in [-0.3, -0.25) is 4.79 Å². The molecular weight excluding hydrogens is 490 g/mol. The van der Waals surface area contributed by atoms with E-state index < -0.39 is 0 Å². The van der Waals surface area contributed by atoms with Gasteiger partial charge in [-0.1, -0.05) is 35.9 Å². The number of ether oxygens (including phenoxy) is 1. The average molecular weight is 520 g/mol. The third kappa shape index (κ3) is 5.45. The van der Waals surface area contributed by atoms with Crippen molar-refractivity contribution in [2.75, 3.05) is 12.3 Å². The van der Waals surface area contributed by atoms with Crippen molar-refractivity contribution in [1.29, 1.82) is 5.26 Å². The normalized spacial score (nSPS) is 10.9. The molecule has 0 saturated carbocycles. The Morgan fingerprint density at radius 2 is 1.90 bits per heavy atom. The van der Waals surface area contributed by atoms with Crippen molar-refractivity contribution in [2.45, 2.75) is 33.3 Å². The Kier molecular flexibility index (Phi) is 7.28. The fourth-order valence-corrected chi connectivity index (χ4v) is 4.42. The molecule has 0 fully saturated rings. The Morgan fingerprint density at radius 3 is 2.67 bits per heavy atom. The lowest BCUT2D eigenvalue weighted by Gasteiger charge is -2.11. The van der Waals surface area contributed by atoms with Gasteiger partial charge in [-0.05, 0) is 62.6 Å². The topological polar surface area (TPSA) is 123 Å². The maximum Gasteiger partial charge on any atom is 0.255 e. The highest BCUT2D eigenvalue weighted by molar-refractivity contribution is 5.96. The SMILES string of the molecule is Cc1ccc(-n2nc(CCCNC(=O)c3ccccc3OCc3cn4cccc(C)c4n3)c(C#N)c2N)cc1. The van der Waals surface area contributed by atoms with Crippen LogP contribution in [0.25, 0.3) is 11.3 Å². The number of nitrogens with one attached hydrogen (secondary N) is 1. The van der Waals surface area contributed by atoms with Crippen LogP contribution in [-0.4, -0.2) is 31.6 Å². The van der Waals surface area contributed by atoms with Crippen LogP contribution >= 0.6 is 0 Å². The number of imidazole rings is 1. The minimum Gasteiger partial charge on any atom is -0.486 e. The van der Waals surface area contributed by atoms with Crippen LogP contribution in [-0.2, 0) is 13.0 Å². The summed E-state index contributed by atoms with van der Waals surface area (Å²) in [4.78, 5) is 17.6. The number of hydrogen-bond acceptors (Lipinski definition) is 6. The summed E-state index contributed by atoms with van der Waals surface area (Å²) in [5, 5.41) is 17.2. The lowest BCUT2D eigenvalue weighted by molar-refractivity contribution is 0.0948. The van der Waals surface area contributed by atoms with Crippen LogP contribution in [0.5, 0.6) is 5.75 Å². The van der Waals surface area contributed by atoms with Gasteiger partial charge in [0.1, 0.15) is 35.5 Å². The van der Waals surface area contributed by atoms with Crippen LogP contribution in [0.4, 0.5) is 5.82 Å². The van der Waals surface area contributed by atoms with E-state index in [1.54, 1.807) is 22.9 Å². The number of rotatable bonds is 9. The van der Waals surface area contributed by atoms with Gasteiger partial charge in [0.25, 0.3) is 5.91 Å². The summed E-state index contributed by atoms with van der Waals surface area (Å²) in [6.45, 7) is 4.66. The number of pyridine rings is 1. The number of anilines is 1. The standard InChI is InChI=1S/C30H29N7O2/c1-20-11-13-23(14-12-20)37-28(32)25(17-31)26(35-37)9-5-15-33-30(38)24-8-3-4-10-27(24)39-19-22-18-36-16-6-7-21(2)29(36)34-22/h3-4,6-8,10-14,16,18H,5,9,15,19,32H2,1-2H3,(H,33,38). The van der Waals surface area contributed by atoms with Crippen molar-refractivity contribution in [2.24, 2.45) is 0 Å². The second-order valence-electron chi connectivity index (χ2n) is 9.36. The second-order valence-corrected chi connectivity index (χ2v) is 9.36. The van der Waals surface area contributed by atoms with Crippen molar-refractivity contribution in [3.8, 4) is 17.5 Å². The molecule has 0 unspecified atom stereocenters. The van der Waals surface area contributed by atoms with Gasteiger partial charge in [-0.25, -0.2) is 9.67 Å². The molecule has 5 aromatic rings. The molecule has 5 rings (SSSR count). The number of para-hydroxylation sites is 1. The fraction of sp³-hybridized carbons (Fsp3) is 0.200. The predicted octanol–water partition coefficient (Wildman–Crippen LogP) is 4.53. The van der Waals surface area contributed by atoms with Gasteiger partial charge in [0.2, 0.25) is 0 Å². The molecular formula is C30H29N7O2. The number of nitriles is 1. The zero-order valence-corrected chi connectivity index (χ0v) is 21.9. The number of carbonyl (C=O) groups is 1. The molecule has 0 aliphatic heterocycles. The van der Waals surface area contributed by atoms with E-state index >= 15 is 0 Å². The number of nitrogens with zero attached hydrogens (tertiary/aromatic N) is 5. The Morgan fingerprint density at radius 1 is 1.10 bits per heavy atom. The average Bonchev–Trinajstić information content (AvgIpc) is 3.51. The zero-order valence-electron chi connectivity index (χ0n) is 21.9. The zero-order chi connectivity index (χ0) is 27.4.